The van der Waals surface area contributed by atoms with Crippen LogP contribution in [-0.4, -0.2) is 11.5 Å². The Labute approximate surface area is 95.8 Å². The Bertz CT molecular complexity index is 491. The quantitative estimate of drug-likeness (QED) is 0.793. The summed E-state index contributed by atoms with van der Waals surface area (Å²) in [6.45, 7) is 5.40. The molecule has 3 N–H and O–H groups in total. The van der Waals surface area contributed by atoms with Crippen LogP contribution in [0.1, 0.15) is 25.5 Å². The van der Waals surface area contributed by atoms with E-state index in [2.05, 4.69) is 49.2 Å². The Morgan fingerprint density at radius 3 is 2.69 bits per heavy atom. The van der Waals surface area contributed by atoms with Crippen molar-refractivity contribution in [3.63, 3.8) is 0 Å². The predicted octanol–water partition coefficient (Wildman–Crippen LogP) is 2.87. The van der Waals surface area contributed by atoms with Crippen LogP contribution in [0.4, 0.5) is 0 Å². The maximum absolute atomic E-state index is 5.82. The fourth-order valence-corrected chi connectivity index (χ4v) is 3.06. The van der Waals surface area contributed by atoms with Crippen molar-refractivity contribution in [2.75, 3.05) is 6.54 Å². The summed E-state index contributed by atoms with van der Waals surface area (Å²) in [6, 6.07) is 10.7. The molecular weight excluding hydrogens is 196 g/mol. The first-order chi connectivity index (χ1) is 7.64. The number of aromatic nitrogens is 1. The minimum absolute atomic E-state index is 0.357. The number of nitrogens with two attached hydrogens (primary N) is 1. The van der Waals surface area contributed by atoms with Crippen molar-refractivity contribution in [1.82, 2.24) is 4.98 Å². The average molecular weight is 214 g/mol. The predicted molar refractivity (Wildman–Crippen MR) is 67.4 cm³/mol. The first-order valence-corrected chi connectivity index (χ1v) is 5.92. The first-order valence-electron chi connectivity index (χ1n) is 5.92. The monoisotopic (exact) mass is 214 g/mol. The second-order valence-corrected chi connectivity index (χ2v) is 5.45. The third-order valence-electron chi connectivity index (χ3n) is 4.19. The van der Waals surface area contributed by atoms with E-state index in [4.69, 9.17) is 5.73 Å². The van der Waals surface area contributed by atoms with Gasteiger partial charge in [-0.15, -0.1) is 0 Å². The highest BCUT2D eigenvalue weighted by Crippen LogP contribution is 2.63. The minimum atomic E-state index is 0.357. The van der Waals surface area contributed by atoms with E-state index < -0.39 is 0 Å². The molecule has 2 atom stereocenters. The third-order valence-corrected chi connectivity index (χ3v) is 4.19. The second kappa shape index (κ2) is 3.11. The molecule has 1 heterocycles. The fourth-order valence-electron chi connectivity index (χ4n) is 3.06. The molecule has 0 aliphatic heterocycles. The van der Waals surface area contributed by atoms with Gasteiger partial charge in [0.2, 0.25) is 0 Å². The van der Waals surface area contributed by atoms with Gasteiger partial charge in [-0.25, -0.2) is 0 Å². The first kappa shape index (κ1) is 9.91. The van der Waals surface area contributed by atoms with Crippen molar-refractivity contribution in [2.24, 2.45) is 17.1 Å². The van der Waals surface area contributed by atoms with Gasteiger partial charge in [0.05, 0.1) is 0 Å². The molecule has 1 fully saturated rings. The number of fused-ring (bicyclic) bond motifs is 1. The van der Waals surface area contributed by atoms with Gasteiger partial charge >= 0.3 is 0 Å². The standard InChI is InChI=1S/C14H18N2/c1-14(2)10(8-15)13(14)12-7-9-5-3-4-6-11(9)16-12/h3-7,10,13,16H,8,15H2,1-2H3/t10-,13+/m1/s1. The molecule has 2 heteroatoms. The molecule has 3 rings (SSSR count). The molecule has 0 bridgehead atoms. The van der Waals surface area contributed by atoms with Gasteiger partial charge in [-0.05, 0) is 35.4 Å². The summed E-state index contributed by atoms with van der Waals surface area (Å²) in [7, 11) is 0. The van der Waals surface area contributed by atoms with Crippen molar-refractivity contribution < 1.29 is 0 Å². The summed E-state index contributed by atoms with van der Waals surface area (Å²) in [6.07, 6.45) is 0. The SMILES string of the molecule is CC1(C)[C@H](CN)[C@H]1c1cc2ccccc2[nH]1. The fraction of sp³-hybridized carbons (Fsp3) is 0.429. The van der Waals surface area contributed by atoms with Gasteiger partial charge in [-0.3, -0.25) is 0 Å². The molecule has 0 spiro atoms. The van der Waals surface area contributed by atoms with Crippen molar-refractivity contribution in [3.8, 4) is 0 Å². The van der Waals surface area contributed by atoms with Gasteiger partial charge in [-0.2, -0.15) is 0 Å². The van der Waals surface area contributed by atoms with E-state index in [0.717, 1.165) is 6.54 Å². The van der Waals surface area contributed by atoms with Crippen LogP contribution in [0.2, 0.25) is 0 Å². The van der Waals surface area contributed by atoms with E-state index in [1.54, 1.807) is 0 Å². The number of rotatable bonds is 2. The number of benzene rings is 1. The molecule has 1 aromatic carbocycles. The van der Waals surface area contributed by atoms with E-state index >= 15 is 0 Å². The molecule has 84 valence electrons. The highest BCUT2D eigenvalue weighted by atomic mass is 14.8. The summed E-state index contributed by atoms with van der Waals surface area (Å²) < 4.78 is 0. The molecule has 1 aliphatic carbocycles. The van der Waals surface area contributed by atoms with Crippen LogP contribution in [0.3, 0.4) is 0 Å². The van der Waals surface area contributed by atoms with Gasteiger partial charge < -0.3 is 10.7 Å². The van der Waals surface area contributed by atoms with Crippen molar-refractivity contribution >= 4 is 10.9 Å². The Hall–Kier alpha value is -1.28. The Kier molecular flexibility index (Phi) is 1.93. The molecule has 1 saturated carbocycles. The van der Waals surface area contributed by atoms with E-state index in [1.807, 2.05) is 0 Å². The van der Waals surface area contributed by atoms with Gasteiger partial charge in [0.15, 0.2) is 0 Å². The van der Waals surface area contributed by atoms with E-state index in [1.165, 1.54) is 16.6 Å². The molecular formula is C14H18N2. The molecule has 2 nitrogen and oxygen atoms in total. The van der Waals surface area contributed by atoms with Crippen LogP contribution in [-0.2, 0) is 0 Å². The normalized spacial score (nSPS) is 27.2. The molecule has 1 aliphatic rings. The highest BCUT2D eigenvalue weighted by Gasteiger charge is 2.57. The molecule has 0 saturated heterocycles. The molecule has 2 aromatic rings. The van der Waals surface area contributed by atoms with Crippen LogP contribution >= 0.6 is 0 Å². The maximum atomic E-state index is 5.82. The van der Waals surface area contributed by atoms with Gasteiger partial charge in [0, 0.05) is 17.1 Å². The van der Waals surface area contributed by atoms with Crippen LogP contribution in [0.15, 0.2) is 30.3 Å². The number of nitrogens with one attached hydrogen (secondary N) is 1. The van der Waals surface area contributed by atoms with Crippen LogP contribution in [0, 0.1) is 11.3 Å². The van der Waals surface area contributed by atoms with E-state index in [9.17, 15) is 0 Å². The van der Waals surface area contributed by atoms with E-state index in [-0.39, 0.29) is 0 Å². The molecule has 16 heavy (non-hydrogen) atoms. The minimum Gasteiger partial charge on any atom is -0.358 e. The number of hydrogen-bond donors (Lipinski definition) is 2. The van der Waals surface area contributed by atoms with Crippen molar-refractivity contribution in [3.05, 3.63) is 36.0 Å². The maximum Gasteiger partial charge on any atom is 0.0456 e. The van der Waals surface area contributed by atoms with Crippen LogP contribution < -0.4 is 5.73 Å². The number of hydrogen-bond acceptors (Lipinski definition) is 1. The van der Waals surface area contributed by atoms with Gasteiger partial charge in [0.25, 0.3) is 0 Å². The summed E-state index contributed by atoms with van der Waals surface area (Å²) in [5.74, 6) is 1.23. The summed E-state index contributed by atoms with van der Waals surface area (Å²) in [5.41, 5.74) is 8.76. The zero-order valence-electron chi connectivity index (χ0n) is 9.83. The van der Waals surface area contributed by atoms with Crippen molar-refractivity contribution in [2.45, 2.75) is 19.8 Å². The molecule has 0 amide bonds. The lowest BCUT2D eigenvalue weighted by Crippen LogP contribution is -2.05. The number of aromatic amines is 1. The average Bonchev–Trinajstić information content (AvgIpc) is 2.65. The summed E-state index contributed by atoms with van der Waals surface area (Å²) in [4.78, 5) is 3.52. The lowest BCUT2D eigenvalue weighted by Gasteiger charge is -1.99. The second-order valence-electron chi connectivity index (χ2n) is 5.45. The Morgan fingerprint density at radius 2 is 2.06 bits per heavy atom. The summed E-state index contributed by atoms with van der Waals surface area (Å²) in [5, 5.41) is 1.30. The number of para-hydroxylation sites is 1. The Morgan fingerprint density at radius 1 is 1.31 bits per heavy atom. The van der Waals surface area contributed by atoms with Crippen LogP contribution in [0.5, 0.6) is 0 Å². The Balaban J connectivity index is 2.02. The lowest BCUT2D eigenvalue weighted by atomic mass is 10.1. The van der Waals surface area contributed by atoms with Crippen LogP contribution in [0.25, 0.3) is 10.9 Å². The highest BCUT2D eigenvalue weighted by molar-refractivity contribution is 5.80. The van der Waals surface area contributed by atoms with Gasteiger partial charge in [-0.1, -0.05) is 32.0 Å². The topological polar surface area (TPSA) is 41.8 Å². The summed E-state index contributed by atoms with van der Waals surface area (Å²) >= 11 is 0. The molecule has 0 radical (unpaired) electrons. The van der Waals surface area contributed by atoms with Gasteiger partial charge in [0.1, 0.15) is 0 Å². The largest absolute Gasteiger partial charge is 0.358 e. The lowest BCUT2D eigenvalue weighted by molar-refractivity contribution is 0.558. The molecule has 1 aromatic heterocycles. The molecule has 0 unspecified atom stereocenters. The third kappa shape index (κ3) is 1.23. The zero-order valence-corrected chi connectivity index (χ0v) is 9.83. The number of H-pyrrole nitrogens is 1. The van der Waals surface area contributed by atoms with E-state index in [0.29, 0.717) is 17.3 Å². The van der Waals surface area contributed by atoms with Crippen molar-refractivity contribution in [1.29, 1.82) is 0 Å². The smallest absolute Gasteiger partial charge is 0.0456 e. The zero-order chi connectivity index (χ0) is 11.3.